The van der Waals surface area contributed by atoms with Crippen LogP contribution in [-0.4, -0.2) is 41.9 Å². The second-order valence-corrected chi connectivity index (χ2v) is 7.84. The molecule has 4 rings (SSSR count). The van der Waals surface area contributed by atoms with Crippen LogP contribution in [0.3, 0.4) is 0 Å². The Hall–Kier alpha value is -2.89. The van der Waals surface area contributed by atoms with Gasteiger partial charge in [-0.3, -0.25) is 9.59 Å². The van der Waals surface area contributed by atoms with Crippen molar-refractivity contribution in [3.05, 3.63) is 65.0 Å². The summed E-state index contributed by atoms with van der Waals surface area (Å²) in [5, 5.41) is 2.96. The summed E-state index contributed by atoms with van der Waals surface area (Å²) in [7, 11) is 0. The van der Waals surface area contributed by atoms with Gasteiger partial charge in [0.25, 0.3) is 11.8 Å². The Bertz CT molecular complexity index is 909. The molecule has 1 N–H and O–H groups in total. The smallest absolute Gasteiger partial charge is 0.254 e. The van der Waals surface area contributed by atoms with Crippen LogP contribution in [-0.2, 0) is 0 Å². The number of ether oxygens (including phenoxy) is 1. The van der Waals surface area contributed by atoms with E-state index in [9.17, 15) is 14.0 Å². The highest BCUT2D eigenvalue weighted by molar-refractivity contribution is 5.95. The van der Waals surface area contributed by atoms with E-state index < -0.39 is 0 Å². The zero-order valence-electron chi connectivity index (χ0n) is 16.5. The number of rotatable bonds is 6. The number of benzene rings is 2. The number of carbonyl (C=O) groups is 2. The summed E-state index contributed by atoms with van der Waals surface area (Å²) in [6.07, 6.45) is 3.86. The molecule has 1 atom stereocenters. The first-order valence-electron chi connectivity index (χ1n) is 10.1. The van der Waals surface area contributed by atoms with Gasteiger partial charge in [-0.1, -0.05) is 6.07 Å². The van der Waals surface area contributed by atoms with Gasteiger partial charge in [0.15, 0.2) is 0 Å². The van der Waals surface area contributed by atoms with Gasteiger partial charge in [-0.15, -0.1) is 0 Å². The molecule has 0 spiro atoms. The van der Waals surface area contributed by atoms with Gasteiger partial charge in [0.1, 0.15) is 18.2 Å². The molecule has 0 aromatic heterocycles. The lowest BCUT2D eigenvalue weighted by Gasteiger charge is -2.25. The van der Waals surface area contributed by atoms with E-state index in [1.54, 1.807) is 48.2 Å². The molecule has 2 aromatic rings. The molecule has 2 amide bonds. The van der Waals surface area contributed by atoms with Gasteiger partial charge in [-0.05, 0) is 74.6 Å². The predicted molar refractivity (Wildman–Crippen MR) is 108 cm³/mol. The van der Waals surface area contributed by atoms with Gasteiger partial charge in [-0.2, -0.15) is 0 Å². The minimum absolute atomic E-state index is 0.0512. The Morgan fingerprint density at radius 2 is 1.83 bits per heavy atom. The van der Waals surface area contributed by atoms with Crippen LogP contribution >= 0.6 is 0 Å². The highest BCUT2D eigenvalue weighted by Crippen LogP contribution is 2.23. The van der Waals surface area contributed by atoms with E-state index in [1.807, 2.05) is 0 Å². The third kappa shape index (κ3) is 4.58. The van der Waals surface area contributed by atoms with Crippen molar-refractivity contribution in [2.45, 2.75) is 44.7 Å². The van der Waals surface area contributed by atoms with Crippen LogP contribution in [0.25, 0.3) is 0 Å². The van der Waals surface area contributed by atoms with Crippen LogP contribution in [0.4, 0.5) is 4.39 Å². The van der Waals surface area contributed by atoms with Crippen LogP contribution in [0.15, 0.2) is 42.5 Å². The van der Waals surface area contributed by atoms with Crippen LogP contribution in [0.5, 0.6) is 5.75 Å². The molecular formula is C23H25FN2O3. The molecule has 2 aromatic carbocycles. The number of hydrogen-bond donors (Lipinski definition) is 1. The van der Waals surface area contributed by atoms with E-state index in [1.165, 1.54) is 6.07 Å². The number of amides is 2. The normalized spacial score (nSPS) is 18.6. The number of halogens is 1. The summed E-state index contributed by atoms with van der Waals surface area (Å²) in [5.41, 5.74) is 1.51. The fraction of sp³-hybridized carbons (Fsp3) is 0.391. The van der Waals surface area contributed by atoms with Gasteiger partial charge in [0.05, 0.1) is 6.04 Å². The topological polar surface area (TPSA) is 58.6 Å². The third-order valence-electron chi connectivity index (χ3n) is 5.53. The number of hydrogen-bond acceptors (Lipinski definition) is 3. The maximum Gasteiger partial charge on any atom is 0.254 e. The van der Waals surface area contributed by atoms with E-state index in [2.05, 4.69) is 5.32 Å². The van der Waals surface area contributed by atoms with Crippen molar-refractivity contribution in [2.24, 2.45) is 0 Å². The molecule has 1 aliphatic heterocycles. The van der Waals surface area contributed by atoms with Crippen molar-refractivity contribution in [3.63, 3.8) is 0 Å². The summed E-state index contributed by atoms with van der Waals surface area (Å²) in [5.74, 6) is 0.0707. The van der Waals surface area contributed by atoms with E-state index in [0.29, 0.717) is 41.6 Å². The molecule has 5 nitrogen and oxygen atoms in total. The minimum Gasteiger partial charge on any atom is -0.491 e. The first kappa shape index (κ1) is 19.4. The van der Waals surface area contributed by atoms with E-state index in [-0.39, 0.29) is 23.7 Å². The largest absolute Gasteiger partial charge is 0.491 e. The van der Waals surface area contributed by atoms with Gasteiger partial charge in [-0.25, -0.2) is 4.39 Å². The molecule has 2 fully saturated rings. The first-order valence-corrected chi connectivity index (χ1v) is 10.1. The van der Waals surface area contributed by atoms with E-state index in [4.69, 9.17) is 4.74 Å². The molecule has 152 valence electrons. The summed E-state index contributed by atoms with van der Waals surface area (Å²) in [6.45, 7) is 2.69. The summed E-state index contributed by atoms with van der Waals surface area (Å²) in [4.78, 5) is 26.6. The maximum absolute atomic E-state index is 13.8. The lowest BCUT2D eigenvalue weighted by Crippen LogP contribution is -2.39. The molecule has 2 aliphatic rings. The van der Waals surface area contributed by atoms with Crippen molar-refractivity contribution in [3.8, 4) is 5.75 Å². The van der Waals surface area contributed by atoms with Crippen molar-refractivity contribution in [1.29, 1.82) is 0 Å². The molecule has 0 radical (unpaired) electrons. The van der Waals surface area contributed by atoms with Gasteiger partial charge in [0, 0.05) is 23.7 Å². The molecule has 1 saturated carbocycles. The average Bonchev–Trinajstić information content (AvgIpc) is 3.41. The van der Waals surface area contributed by atoms with Crippen LogP contribution in [0.1, 0.15) is 52.0 Å². The third-order valence-corrected chi connectivity index (χ3v) is 5.53. The predicted octanol–water partition coefficient (Wildman–Crippen LogP) is 3.71. The second-order valence-electron chi connectivity index (χ2n) is 7.84. The van der Waals surface area contributed by atoms with Gasteiger partial charge in [0.2, 0.25) is 0 Å². The Balaban J connectivity index is 1.35. The Labute approximate surface area is 169 Å². The zero-order valence-corrected chi connectivity index (χ0v) is 16.5. The standard InChI is InChI=1S/C23H25FN2O3/c1-15-4-5-17(13-21(15)24)23(28)26-12-2-3-19(26)14-29-20-10-6-16(7-11-20)22(27)25-18-8-9-18/h4-7,10-11,13,18-19H,2-3,8-9,12,14H2,1H3,(H,25,27). The minimum atomic E-state index is -0.367. The van der Waals surface area contributed by atoms with Crippen molar-refractivity contribution < 1.29 is 18.7 Å². The first-order chi connectivity index (χ1) is 14.0. The fourth-order valence-electron chi connectivity index (χ4n) is 3.56. The number of nitrogens with zero attached hydrogens (tertiary/aromatic N) is 1. The quantitative estimate of drug-likeness (QED) is 0.810. The molecule has 29 heavy (non-hydrogen) atoms. The SMILES string of the molecule is Cc1ccc(C(=O)N2CCCC2COc2ccc(C(=O)NC3CC3)cc2)cc1F. The lowest BCUT2D eigenvalue weighted by atomic mass is 10.1. The van der Waals surface area contributed by atoms with Gasteiger partial charge >= 0.3 is 0 Å². The highest BCUT2D eigenvalue weighted by Gasteiger charge is 2.30. The van der Waals surface area contributed by atoms with E-state index in [0.717, 1.165) is 25.7 Å². The molecule has 1 unspecified atom stereocenters. The van der Waals surface area contributed by atoms with Crippen LogP contribution in [0, 0.1) is 12.7 Å². The molecule has 1 saturated heterocycles. The Morgan fingerprint density at radius 1 is 1.10 bits per heavy atom. The number of aryl methyl sites for hydroxylation is 1. The second kappa shape index (κ2) is 8.23. The summed E-state index contributed by atoms with van der Waals surface area (Å²) in [6, 6.07) is 11.9. The molecule has 1 aliphatic carbocycles. The molecular weight excluding hydrogens is 371 g/mol. The molecule has 6 heteroatoms. The zero-order chi connectivity index (χ0) is 20.4. The highest BCUT2D eigenvalue weighted by atomic mass is 19.1. The molecule has 1 heterocycles. The van der Waals surface area contributed by atoms with Crippen molar-refractivity contribution >= 4 is 11.8 Å². The fourth-order valence-corrected chi connectivity index (χ4v) is 3.56. The lowest BCUT2D eigenvalue weighted by molar-refractivity contribution is 0.0690. The monoisotopic (exact) mass is 396 g/mol. The van der Waals surface area contributed by atoms with Crippen molar-refractivity contribution in [2.75, 3.05) is 13.2 Å². The maximum atomic E-state index is 13.8. The Kier molecular flexibility index (Phi) is 5.51. The summed E-state index contributed by atoms with van der Waals surface area (Å²) < 4.78 is 19.7. The number of likely N-dealkylation sites (tertiary alicyclic amines) is 1. The number of carbonyl (C=O) groups excluding carboxylic acids is 2. The summed E-state index contributed by atoms with van der Waals surface area (Å²) >= 11 is 0. The van der Waals surface area contributed by atoms with Gasteiger partial charge < -0.3 is 15.0 Å². The van der Waals surface area contributed by atoms with Crippen LogP contribution < -0.4 is 10.1 Å². The number of nitrogens with one attached hydrogen (secondary N) is 1. The van der Waals surface area contributed by atoms with Crippen LogP contribution in [0.2, 0.25) is 0 Å². The Morgan fingerprint density at radius 3 is 2.52 bits per heavy atom. The van der Waals surface area contributed by atoms with E-state index >= 15 is 0 Å². The van der Waals surface area contributed by atoms with Crippen molar-refractivity contribution in [1.82, 2.24) is 10.2 Å². The average molecular weight is 396 g/mol. The molecule has 0 bridgehead atoms.